The summed E-state index contributed by atoms with van der Waals surface area (Å²) >= 11 is 0. The quantitative estimate of drug-likeness (QED) is 0.859. The number of hydrogen-bond donors (Lipinski definition) is 0. The molecule has 21 heavy (non-hydrogen) atoms. The number of benzene rings is 1. The maximum atomic E-state index is 13.8. The molecule has 0 saturated carbocycles. The summed E-state index contributed by atoms with van der Waals surface area (Å²) in [4.78, 5) is 2.21. The Morgan fingerprint density at radius 1 is 1.33 bits per heavy atom. The predicted molar refractivity (Wildman–Crippen MR) is 74.7 cm³/mol. The van der Waals surface area contributed by atoms with E-state index in [-0.39, 0.29) is 6.04 Å². The summed E-state index contributed by atoms with van der Waals surface area (Å²) < 4.78 is 32.1. The fourth-order valence-electron chi connectivity index (χ4n) is 3.18. The molecule has 0 unspecified atom stereocenters. The molecule has 1 aromatic heterocycles. The van der Waals surface area contributed by atoms with Gasteiger partial charge in [-0.1, -0.05) is 11.2 Å². The van der Waals surface area contributed by atoms with Crippen LogP contribution in [-0.4, -0.2) is 16.6 Å². The number of nitrogens with zero attached hydrogens (tertiary/aromatic N) is 2. The van der Waals surface area contributed by atoms with E-state index in [1.165, 1.54) is 12.1 Å². The molecule has 1 aliphatic heterocycles. The van der Waals surface area contributed by atoms with Crippen molar-refractivity contribution in [3.63, 3.8) is 0 Å². The van der Waals surface area contributed by atoms with E-state index in [0.717, 1.165) is 42.5 Å². The highest BCUT2D eigenvalue weighted by molar-refractivity contribution is 5.27. The number of hydrogen-bond acceptors (Lipinski definition) is 3. The lowest BCUT2D eigenvalue weighted by Crippen LogP contribution is -2.24. The molecule has 0 radical (unpaired) electrons. The molecule has 1 aliphatic rings. The normalized spacial score (nSPS) is 19.3. The molecule has 3 nitrogen and oxygen atoms in total. The first-order valence-corrected chi connectivity index (χ1v) is 7.17. The third-order valence-electron chi connectivity index (χ3n) is 4.17. The lowest BCUT2D eigenvalue weighted by molar-refractivity contribution is 0.242. The zero-order valence-electron chi connectivity index (χ0n) is 12.2. The van der Waals surface area contributed by atoms with E-state index in [1.54, 1.807) is 0 Å². The first-order valence-electron chi connectivity index (χ1n) is 7.17. The van der Waals surface area contributed by atoms with Gasteiger partial charge in [0.05, 0.1) is 5.69 Å². The van der Waals surface area contributed by atoms with Crippen LogP contribution in [0.2, 0.25) is 0 Å². The van der Waals surface area contributed by atoms with Crippen LogP contribution in [0.15, 0.2) is 22.7 Å². The van der Waals surface area contributed by atoms with Gasteiger partial charge in [0.2, 0.25) is 0 Å². The highest BCUT2D eigenvalue weighted by Crippen LogP contribution is 2.36. The van der Waals surface area contributed by atoms with Gasteiger partial charge in [-0.05, 0) is 39.3 Å². The highest BCUT2D eigenvalue weighted by Gasteiger charge is 2.31. The first kappa shape index (κ1) is 14.2. The Hall–Kier alpha value is -1.75. The van der Waals surface area contributed by atoms with Gasteiger partial charge >= 0.3 is 0 Å². The van der Waals surface area contributed by atoms with Crippen molar-refractivity contribution in [3.05, 3.63) is 52.4 Å². The molecule has 1 saturated heterocycles. The van der Waals surface area contributed by atoms with Crippen molar-refractivity contribution in [2.75, 3.05) is 6.54 Å². The third-order valence-corrected chi connectivity index (χ3v) is 4.17. The molecular weight excluding hydrogens is 274 g/mol. The zero-order valence-corrected chi connectivity index (χ0v) is 12.2. The Morgan fingerprint density at radius 3 is 2.81 bits per heavy atom. The fraction of sp³-hybridized carbons (Fsp3) is 0.438. The van der Waals surface area contributed by atoms with E-state index in [9.17, 15) is 8.78 Å². The maximum Gasteiger partial charge on any atom is 0.138 e. The van der Waals surface area contributed by atoms with Gasteiger partial charge in [-0.25, -0.2) is 8.78 Å². The van der Waals surface area contributed by atoms with Gasteiger partial charge in [-0.15, -0.1) is 0 Å². The minimum absolute atomic E-state index is 0.195. The summed E-state index contributed by atoms with van der Waals surface area (Å²) in [5.41, 5.74) is 2.52. The summed E-state index contributed by atoms with van der Waals surface area (Å²) in [6.45, 7) is 5.21. The van der Waals surface area contributed by atoms with Gasteiger partial charge in [0.15, 0.2) is 0 Å². The second-order valence-electron chi connectivity index (χ2n) is 5.60. The molecule has 5 heteroatoms. The summed E-state index contributed by atoms with van der Waals surface area (Å²) in [5.74, 6) is -0.205. The third kappa shape index (κ3) is 2.70. The van der Waals surface area contributed by atoms with Crippen LogP contribution < -0.4 is 0 Å². The SMILES string of the molecule is Cc1noc(C)c1[C@H]1CCCN1Cc1ccc(F)cc1F. The molecule has 0 amide bonds. The monoisotopic (exact) mass is 292 g/mol. The van der Waals surface area contributed by atoms with Gasteiger partial charge in [0.25, 0.3) is 0 Å². The Labute approximate surface area is 122 Å². The van der Waals surface area contributed by atoms with Gasteiger partial charge in [-0.2, -0.15) is 0 Å². The Kier molecular flexibility index (Phi) is 3.76. The van der Waals surface area contributed by atoms with Gasteiger partial charge in [0, 0.05) is 29.8 Å². The fourth-order valence-corrected chi connectivity index (χ4v) is 3.18. The van der Waals surface area contributed by atoms with Gasteiger partial charge < -0.3 is 4.52 Å². The second-order valence-corrected chi connectivity index (χ2v) is 5.60. The number of likely N-dealkylation sites (tertiary alicyclic amines) is 1. The molecule has 2 aromatic rings. The minimum Gasteiger partial charge on any atom is -0.361 e. The lowest BCUT2D eigenvalue weighted by Gasteiger charge is -2.24. The number of aromatic nitrogens is 1. The van der Waals surface area contributed by atoms with Crippen LogP contribution in [0.5, 0.6) is 0 Å². The van der Waals surface area contributed by atoms with Crippen LogP contribution in [0, 0.1) is 25.5 Å². The van der Waals surface area contributed by atoms with Crippen LogP contribution in [0.25, 0.3) is 0 Å². The van der Waals surface area contributed by atoms with E-state index >= 15 is 0 Å². The van der Waals surface area contributed by atoms with Crippen molar-refractivity contribution in [1.82, 2.24) is 10.1 Å². The molecular formula is C16H18F2N2O. The summed E-state index contributed by atoms with van der Waals surface area (Å²) in [5, 5.41) is 4.01. The van der Waals surface area contributed by atoms with Crippen molar-refractivity contribution >= 4 is 0 Å². The second kappa shape index (κ2) is 5.56. The molecule has 3 rings (SSSR count). The van der Waals surface area contributed by atoms with Crippen molar-refractivity contribution in [3.8, 4) is 0 Å². The molecule has 1 aromatic carbocycles. The van der Waals surface area contributed by atoms with E-state index in [0.29, 0.717) is 12.1 Å². The Balaban J connectivity index is 1.85. The van der Waals surface area contributed by atoms with Crippen molar-refractivity contribution in [2.24, 2.45) is 0 Å². The topological polar surface area (TPSA) is 29.3 Å². The van der Waals surface area contributed by atoms with Crippen molar-refractivity contribution in [1.29, 1.82) is 0 Å². The lowest BCUT2D eigenvalue weighted by atomic mass is 10.0. The van der Waals surface area contributed by atoms with Crippen molar-refractivity contribution in [2.45, 2.75) is 39.3 Å². The minimum atomic E-state index is -0.542. The Morgan fingerprint density at radius 2 is 2.14 bits per heavy atom. The molecule has 1 atom stereocenters. The van der Waals surface area contributed by atoms with Crippen molar-refractivity contribution < 1.29 is 13.3 Å². The molecule has 1 fully saturated rings. The Bertz CT molecular complexity index is 634. The molecule has 0 aliphatic carbocycles. The molecule has 2 heterocycles. The number of halogens is 2. The highest BCUT2D eigenvalue weighted by atomic mass is 19.1. The molecule has 112 valence electrons. The molecule has 0 N–H and O–H groups in total. The van der Waals surface area contributed by atoms with Gasteiger partial charge in [0.1, 0.15) is 17.4 Å². The zero-order chi connectivity index (χ0) is 15.0. The molecule has 0 spiro atoms. The van der Waals surface area contributed by atoms with Crippen LogP contribution in [0.1, 0.15) is 41.5 Å². The van der Waals surface area contributed by atoms with E-state index in [2.05, 4.69) is 10.1 Å². The van der Waals surface area contributed by atoms with Crippen LogP contribution in [-0.2, 0) is 6.54 Å². The largest absolute Gasteiger partial charge is 0.361 e. The predicted octanol–water partition coefficient (Wildman–Crippen LogP) is 3.91. The summed E-state index contributed by atoms with van der Waals surface area (Å²) in [6.07, 6.45) is 2.06. The van der Waals surface area contributed by atoms with Crippen LogP contribution in [0.3, 0.4) is 0 Å². The van der Waals surface area contributed by atoms with E-state index in [4.69, 9.17) is 4.52 Å². The number of aryl methyl sites for hydroxylation is 2. The molecule has 0 bridgehead atoms. The summed E-state index contributed by atoms with van der Waals surface area (Å²) in [7, 11) is 0. The standard InChI is InChI=1S/C16H18F2N2O/c1-10-16(11(2)21-19-10)15-4-3-7-20(15)9-12-5-6-13(17)8-14(12)18/h5-6,8,15H,3-4,7,9H2,1-2H3/t15-/m1/s1. The maximum absolute atomic E-state index is 13.8. The van der Waals surface area contributed by atoms with E-state index < -0.39 is 11.6 Å². The average molecular weight is 292 g/mol. The van der Waals surface area contributed by atoms with Crippen LogP contribution in [0.4, 0.5) is 8.78 Å². The number of rotatable bonds is 3. The summed E-state index contributed by atoms with van der Waals surface area (Å²) in [6, 6.07) is 3.96. The van der Waals surface area contributed by atoms with Crippen LogP contribution >= 0.6 is 0 Å². The van der Waals surface area contributed by atoms with E-state index in [1.807, 2.05) is 13.8 Å². The smallest absolute Gasteiger partial charge is 0.138 e. The average Bonchev–Trinajstić information content (AvgIpc) is 3.00. The van der Waals surface area contributed by atoms with Gasteiger partial charge in [-0.3, -0.25) is 4.90 Å². The first-order chi connectivity index (χ1) is 10.1.